The molecule has 0 radical (unpaired) electrons. The summed E-state index contributed by atoms with van der Waals surface area (Å²) < 4.78 is 36.0. The number of carbonyl (C=O) groups excluding carboxylic acids is 1. The Morgan fingerprint density at radius 1 is 1.23 bits per heavy atom. The molecule has 0 bridgehead atoms. The molecule has 0 saturated carbocycles. The lowest BCUT2D eigenvalue weighted by atomic mass is 9.98. The lowest BCUT2D eigenvalue weighted by Gasteiger charge is -2.32. The second-order valence-corrected chi connectivity index (χ2v) is 8.54. The Balaban J connectivity index is 2.18. The number of sulfonamides is 1. The van der Waals surface area contributed by atoms with Crippen molar-refractivity contribution in [3.05, 3.63) is 23.3 Å². The highest BCUT2D eigenvalue weighted by Crippen LogP contribution is 2.33. The van der Waals surface area contributed by atoms with E-state index in [4.69, 9.17) is 9.47 Å². The van der Waals surface area contributed by atoms with Crippen LogP contribution in [0, 0.1) is 0 Å². The second kappa shape index (κ2) is 8.26. The molecular weight excluding hydrogens is 356 g/mol. The van der Waals surface area contributed by atoms with E-state index in [0.29, 0.717) is 37.4 Å². The van der Waals surface area contributed by atoms with E-state index in [9.17, 15) is 13.2 Å². The van der Waals surface area contributed by atoms with Crippen LogP contribution in [0.1, 0.15) is 31.4 Å². The van der Waals surface area contributed by atoms with Gasteiger partial charge >= 0.3 is 0 Å². The van der Waals surface area contributed by atoms with Gasteiger partial charge in [-0.05, 0) is 43.0 Å². The number of rotatable bonds is 7. The van der Waals surface area contributed by atoms with E-state index < -0.39 is 10.0 Å². The van der Waals surface area contributed by atoms with Gasteiger partial charge in [-0.3, -0.25) is 4.79 Å². The fraction of sp³-hybridized carbons (Fsp3) is 0.611. The fourth-order valence-corrected chi connectivity index (χ4v) is 4.28. The molecule has 0 aromatic heterocycles. The number of hydrogen-bond donors (Lipinski definition) is 0. The van der Waals surface area contributed by atoms with Gasteiger partial charge in [-0.15, -0.1) is 0 Å². The summed E-state index contributed by atoms with van der Waals surface area (Å²) in [6, 6.07) is 3.62. The van der Waals surface area contributed by atoms with Gasteiger partial charge in [-0.25, -0.2) is 8.42 Å². The summed E-state index contributed by atoms with van der Waals surface area (Å²) in [7, 11) is -0.271. The first-order valence-corrected chi connectivity index (χ1v) is 10.5. The third-order valence-corrected chi connectivity index (χ3v) is 6.21. The third-order valence-electron chi connectivity index (χ3n) is 4.87. The van der Waals surface area contributed by atoms with Crippen molar-refractivity contribution in [2.45, 2.75) is 39.3 Å². The highest BCUT2D eigenvalue weighted by Gasteiger charge is 2.29. The van der Waals surface area contributed by atoms with Crippen molar-refractivity contribution in [2.24, 2.45) is 0 Å². The van der Waals surface area contributed by atoms with Crippen LogP contribution in [-0.2, 0) is 27.8 Å². The van der Waals surface area contributed by atoms with Gasteiger partial charge in [-0.1, -0.05) is 6.92 Å². The predicted molar refractivity (Wildman–Crippen MR) is 100.0 cm³/mol. The first kappa shape index (κ1) is 20.5. The van der Waals surface area contributed by atoms with Crippen molar-refractivity contribution >= 4 is 15.9 Å². The summed E-state index contributed by atoms with van der Waals surface area (Å²) in [4.78, 5) is 14.4. The summed E-state index contributed by atoms with van der Waals surface area (Å²) in [5.41, 5.74) is 2.12. The molecule has 0 aliphatic carbocycles. The van der Waals surface area contributed by atoms with E-state index in [2.05, 4.69) is 0 Å². The van der Waals surface area contributed by atoms with Crippen LogP contribution in [0.3, 0.4) is 0 Å². The van der Waals surface area contributed by atoms with E-state index in [1.54, 1.807) is 19.1 Å². The fourth-order valence-electron chi connectivity index (χ4n) is 3.13. The number of methoxy groups -OCH3 is 2. The molecule has 0 saturated heterocycles. The Bertz CT molecular complexity index is 763. The molecule has 1 unspecified atom stereocenters. The van der Waals surface area contributed by atoms with Crippen LogP contribution in [-0.4, -0.2) is 63.1 Å². The zero-order valence-electron chi connectivity index (χ0n) is 16.1. The average Bonchev–Trinajstić information content (AvgIpc) is 2.62. The minimum atomic E-state index is -3.44. The van der Waals surface area contributed by atoms with E-state index in [1.807, 2.05) is 26.0 Å². The summed E-state index contributed by atoms with van der Waals surface area (Å²) in [5.74, 6) is 1.11. The molecule has 0 fully saturated rings. The van der Waals surface area contributed by atoms with Gasteiger partial charge in [0.2, 0.25) is 15.9 Å². The number of carbonyl (C=O) groups is 1. The first-order valence-electron chi connectivity index (χ1n) is 8.69. The topological polar surface area (TPSA) is 76.2 Å². The Kier molecular flexibility index (Phi) is 6.52. The number of hydrogen-bond acceptors (Lipinski definition) is 5. The molecule has 1 amide bonds. The maximum Gasteiger partial charge on any atom is 0.238 e. The van der Waals surface area contributed by atoms with Crippen molar-refractivity contribution in [1.29, 1.82) is 0 Å². The van der Waals surface area contributed by atoms with Crippen LogP contribution in [0.5, 0.6) is 11.5 Å². The predicted octanol–water partition coefficient (Wildman–Crippen LogP) is 1.65. The van der Waals surface area contributed by atoms with Crippen molar-refractivity contribution in [3.63, 3.8) is 0 Å². The van der Waals surface area contributed by atoms with E-state index in [0.717, 1.165) is 17.4 Å². The van der Waals surface area contributed by atoms with E-state index >= 15 is 0 Å². The molecule has 1 heterocycles. The van der Waals surface area contributed by atoms with Crippen LogP contribution in [0.25, 0.3) is 0 Å². The molecule has 0 spiro atoms. The summed E-state index contributed by atoms with van der Waals surface area (Å²) in [6.07, 6.45) is 2.50. The maximum atomic E-state index is 12.7. The molecule has 146 valence electrons. The van der Waals surface area contributed by atoms with E-state index in [-0.39, 0.29) is 18.5 Å². The van der Waals surface area contributed by atoms with Crippen molar-refractivity contribution < 1.29 is 22.7 Å². The first-order chi connectivity index (χ1) is 12.2. The van der Waals surface area contributed by atoms with Gasteiger partial charge in [0.1, 0.15) is 0 Å². The number of ether oxygens (including phenoxy) is 2. The monoisotopic (exact) mass is 384 g/mol. The third kappa shape index (κ3) is 4.48. The Morgan fingerprint density at radius 3 is 2.31 bits per heavy atom. The molecule has 2 rings (SSSR count). The molecule has 1 aliphatic rings. The van der Waals surface area contributed by atoms with Crippen LogP contribution < -0.4 is 9.47 Å². The molecule has 1 aliphatic heterocycles. The molecule has 1 aromatic rings. The Hall–Kier alpha value is -1.80. The van der Waals surface area contributed by atoms with Gasteiger partial charge in [0.15, 0.2) is 11.5 Å². The molecule has 7 nitrogen and oxygen atoms in total. The van der Waals surface area contributed by atoms with Gasteiger partial charge in [0, 0.05) is 19.1 Å². The van der Waals surface area contributed by atoms with Crippen molar-refractivity contribution in [1.82, 2.24) is 9.21 Å². The minimum absolute atomic E-state index is 0.129. The zero-order chi connectivity index (χ0) is 19.5. The molecule has 26 heavy (non-hydrogen) atoms. The lowest BCUT2D eigenvalue weighted by molar-refractivity contribution is -0.132. The zero-order valence-corrected chi connectivity index (χ0v) is 16.9. The summed E-state index contributed by atoms with van der Waals surface area (Å²) in [6.45, 7) is 4.59. The molecule has 1 atom stereocenters. The number of nitrogens with zero attached hydrogens (tertiary/aromatic N) is 2. The van der Waals surface area contributed by atoms with Crippen LogP contribution in [0.15, 0.2) is 12.1 Å². The van der Waals surface area contributed by atoms with Crippen molar-refractivity contribution in [2.75, 3.05) is 33.6 Å². The Morgan fingerprint density at radius 2 is 1.81 bits per heavy atom. The molecule has 8 heteroatoms. The highest BCUT2D eigenvalue weighted by atomic mass is 32.2. The largest absolute Gasteiger partial charge is 0.493 e. The van der Waals surface area contributed by atoms with Crippen LogP contribution >= 0.6 is 0 Å². The van der Waals surface area contributed by atoms with Crippen molar-refractivity contribution in [3.8, 4) is 11.5 Å². The second-order valence-electron chi connectivity index (χ2n) is 6.61. The Labute approximate surface area is 155 Å². The quantitative estimate of drug-likeness (QED) is 0.714. The van der Waals surface area contributed by atoms with Gasteiger partial charge in [0.05, 0.1) is 27.0 Å². The maximum absolute atomic E-state index is 12.7. The molecule has 1 aromatic carbocycles. The lowest BCUT2D eigenvalue weighted by Crippen LogP contribution is -2.47. The van der Waals surface area contributed by atoms with Gasteiger partial charge < -0.3 is 14.4 Å². The SMILES string of the molecule is CCC(C)N(CC(=O)N1CCc2cc(OC)c(OC)cc2C1)S(C)(=O)=O. The number of fused-ring (bicyclic) bond motifs is 1. The molecule has 0 N–H and O–H groups in total. The van der Waals surface area contributed by atoms with E-state index in [1.165, 1.54) is 4.31 Å². The summed E-state index contributed by atoms with van der Waals surface area (Å²) in [5, 5.41) is 0. The van der Waals surface area contributed by atoms with Gasteiger partial charge in [-0.2, -0.15) is 4.31 Å². The minimum Gasteiger partial charge on any atom is -0.493 e. The average molecular weight is 384 g/mol. The highest BCUT2D eigenvalue weighted by molar-refractivity contribution is 7.88. The van der Waals surface area contributed by atoms with Gasteiger partial charge in [0.25, 0.3) is 0 Å². The molecular formula is C18H28N2O5S. The number of amides is 1. The van der Waals surface area contributed by atoms with Crippen LogP contribution in [0.2, 0.25) is 0 Å². The van der Waals surface area contributed by atoms with Crippen LogP contribution in [0.4, 0.5) is 0 Å². The normalized spacial score (nSPS) is 15.5. The smallest absolute Gasteiger partial charge is 0.238 e. The number of benzene rings is 1. The summed E-state index contributed by atoms with van der Waals surface area (Å²) >= 11 is 0. The standard InChI is InChI=1S/C18H28N2O5S/c1-6-13(2)20(26(5,22)23)12-18(21)19-8-7-14-9-16(24-3)17(25-4)10-15(14)11-19/h9-10,13H,6-8,11-12H2,1-5H3.